The van der Waals surface area contributed by atoms with Gasteiger partial charge in [-0.15, -0.1) is 0 Å². The molecule has 2 atom stereocenters. The van der Waals surface area contributed by atoms with Crippen LogP contribution in [0.5, 0.6) is 0 Å². The fraction of sp³-hybridized carbons (Fsp3) is 1.00. The topological polar surface area (TPSA) is 20.2 Å². The van der Waals surface area contributed by atoms with Crippen LogP contribution in [-0.4, -0.2) is 11.2 Å². The second kappa shape index (κ2) is 4.10. The van der Waals surface area contributed by atoms with Crippen molar-refractivity contribution in [2.45, 2.75) is 52.1 Å². The second-order valence-electron chi connectivity index (χ2n) is 3.93. The Balaban J connectivity index is 2.08. The largest absolute Gasteiger partial charge is 0.393 e. The smallest absolute Gasteiger partial charge is 0.0540 e. The van der Waals surface area contributed by atoms with Gasteiger partial charge in [-0.1, -0.05) is 32.6 Å². The van der Waals surface area contributed by atoms with E-state index in [0.717, 1.165) is 12.3 Å². The second-order valence-corrected chi connectivity index (χ2v) is 3.93. The highest BCUT2D eigenvalue weighted by Crippen LogP contribution is 2.35. The Hall–Kier alpha value is -0.0400. The first kappa shape index (κ1) is 9.05. The molecule has 1 fully saturated rings. The quantitative estimate of drug-likeness (QED) is 0.648. The SMILES string of the molecule is CCC(CCC1CC1)C(C)O. The molecule has 1 nitrogen and oxygen atoms in total. The normalized spacial score (nSPS) is 23.2. The Labute approximate surface area is 69.8 Å². The van der Waals surface area contributed by atoms with Crippen molar-refractivity contribution in [2.24, 2.45) is 11.8 Å². The van der Waals surface area contributed by atoms with Crippen LogP contribution >= 0.6 is 0 Å². The van der Waals surface area contributed by atoms with Crippen molar-refractivity contribution in [2.75, 3.05) is 0 Å². The van der Waals surface area contributed by atoms with E-state index in [9.17, 15) is 5.11 Å². The number of aliphatic hydroxyl groups is 1. The lowest BCUT2D eigenvalue weighted by Crippen LogP contribution is -2.15. The Morgan fingerprint density at radius 1 is 1.45 bits per heavy atom. The van der Waals surface area contributed by atoms with Crippen LogP contribution in [0.15, 0.2) is 0 Å². The van der Waals surface area contributed by atoms with E-state index in [4.69, 9.17) is 0 Å². The van der Waals surface area contributed by atoms with Gasteiger partial charge < -0.3 is 5.11 Å². The van der Waals surface area contributed by atoms with E-state index in [1.165, 1.54) is 25.7 Å². The highest BCUT2D eigenvalue weighted by atomic mass is 16.3. The van der Waals surface area contributed by atoms with Crippen molar-refractivity contribution < 1.29 is 5.11 Å². The predicted molar refractivity (Wildman–Crippen MR) is 47.4 cm³/mol. The van der Waals surface area contributed by atoms with Gasteiger partial charge in [0.15, 0.2) is 0 Å². The molecule has 2 unspecified atom stereocenters. The van der Waals surface area contributed by atoms with Crippen molar-refractivity contribution in [1.29, 1.82) is 0 Å². The average molecular weight is 156 g/mol. The van der Waals surface area contributed by atoms with Gasteiger partial charge in [0.05, 0.1) is 6.10 Å². The molecule has 0 radical (unpaired) electrons. The van der Waals surface area contributed by atoms with E-state index in [0.29, 0.717) is 5.92 Å². The molecule has 1 aliphatic rings. The standard InChI is InChI=1S/C10H20O/c1-3-10(8(2)11)7-6-9-4-5-9/h8-11H,3-7H2,1-2H3. The van der Waals surface area contributed by atoms with Gasteiger partial charge in [-0.05, 0) is 25.2 Å². The van der Waals surface area contributed by atoms with E-state index in [-0.39, 0.29) is 6.10 Å². The molecule has 0 aromatic rings. The van der Waals surface area contributed by atoms with Gasteiger partial charge in [0.1, 0.15) is 0 Å². The first-order valence-corrected chi connectivity index (χ1v) is 4.92. The lowest BCUT2D eigenvalue weighted by molar-refractivity contribution is 0.115. The fourth-order valence-corrected chi connectivity index (χ4v) is 1.64. The summed E-state index contributed by atoms with van der Waals surface area (Å²) >= 11 is 0. The third kappa shape index (κ3) is 3.24. The van der Waals surface area contributed by atoms with Crippen LogP contribution in [-0.2, 0) is 0 Å². The number of hydrogen-bond acceptors (Lipinski definition) is 1. The highest BCUT2D eigenvalue weighted by Gasteiger charge is 2.23. The molecule has 1 heteroatoms. The van der Waals surface area contributed by atoms with Gasteiger partial charge in [0.25, 0.3) is 0 Å². The van der Waals surface area contributed by atoms with Gasteiger partial charge in [-0.2, -0.15) is 0 Å². The molecule has 0 spiro atoms. The maximum atomic E-state index is 9.35. The Kier molecular flexibility index (Phi) is 3.38. The molecule has 0 bridgehead atoms. The molecular formula is C10H20O. The first-order valence-electron chi connectivity index (χ1n) is 4.92. The molecule has 0 saturated heterocycles. The molecule has 11 heavy (non-hydrogen) atoms. The third-order valence-corrected chi connectivity index (χ3v) is 2.85. The zero-order valence-electron chi connectivity index (χ0n) is 7.71. The summed E-state index contributed by atoms with van der Waals surface area (Å²) in [5.74, 6) is 1.57. The minimum Gasteiger partial charge on any atom is -0.393 e. The van der Waals surface area contributed by atoms with E-state index in [1.54, 1.807) is 0 Å². The lowest BCUT2D eigenvalue weighted by atomic mass is 9.94. The molecule has 0 heterocycles. The minimum atomic E-state index is -0.0984. The molecule has 66 valence electrons. The van der Waals surface area contributed by atoms with Crippen LogP contribution in [0.3, 0.4) is 0 Å². The molecule has 1 saturated carbocycles. The molecule has 1 N–H and O–H groups in total. The monoisotopic (exact) mass is 156 g/mol. The van der Waals surface area contributed by atoms with E-state index in [1.807, 2.05) is 6.92 Å². The summed E-state index contributed by atoms with van der Waals surface area (Å²) in [5.41, 5.74) is 0. The van der Waals surface area contributed by atoms with Crippen LogP contribution in [0.1, 0.15) is 46.0 Å². The minimum absolute atomic E-state index is 0.0984. The van der Waals surface area contributed by atoms with Gasteiger partial charge >= 0.3 is 0 Å². The van der Waals surface area contributed by atoms with Crippen molar-refractivity contribution in [3.63, 3.8) is 0 Å². The van der Waals surface area contributed by atoms with E-state index in [2.05, 4.69) is 6.92 Å². The van der Waals surface area contributed by atoms with E-state index < -0.39 is 0 Å². The summed E-state index contributed by atoms with van der Waals surface area (Å²) in [6.07, 6.45) is 6.50. The summed E-state index contributed by atoms with van der Waals surface area (Å²) in [7, 11) is 0. The highest BCUT2D eigenvalue weighted by molar-refractivity contribution is 4.75. The predicted octanol–water partition coefficient (Wildman–Crippen LogP) is 2.58. The molecule has 0 aromatic carbocycles. The van der Waals surface area contributed by atoms with Crippen molar-refractivity contribution >= 4 is 0 Å². The maximum Gasteiger partial charge on any atom is 0.0540 e. The van der Waals surface area contributed by atoms with Gasteiger partial charge in [-0.3, -0.25) is 0 Å². The number of hydrogen-bond donors (Lipinski definition) is 1. The van der Waals surface area contributed by atoms with Crippen LogP contribution in [0.25, 0.3) is 0 Å². The number of aliphatic hydroxyl groups excluding tert-OH is 1. The Morgan fingerprint density at radius 2 is 2.09 bits per heavy atom. The van der Waals surface area contributed by atoms with Crippen LogP contribution in [0.2, 0.25) is 0 Å². The van der Waals surface area contributed by atoms with Gasteiger partial charge in [-0.25, -0.2) is 0 Å². The Bertz CT molecular complexity index is 105. The number of rotatable bonds is 5. The molecule has 0 aliphatic heterocycles. The van der Waals surface area contributed by atoms with Gasteiger partial charge in [0.2, 0.25) is 0 Å². The zero-order valence-corrected chi connectivity index (χ0v) is 7.71. The average Bonchev–Trinajstić information content (AvgIpc) is 2.72. The molecule has 0 amide bonds. The summed E-state index contributed by atoms with van der Waals surface area (Å²) in [6.45, 7) is 4.09. The van der Waals surface area contributed by atoms with E-state index >= 15 is 0 Å². The molecular weight excluding hydrogens is 136 g/mol. The summed E-state index contributed by atoms with van der Waals surface area (Å²) in [6, 6.07) is 0. The fourth-order valence-electron chi connectivity index (χ4n) is 1.64. The Morgan fingerprint density at radius 3 is 2.45 bits per heavy atom. The molecule has 1 rings (SSSR count). The van der Waals surface area contributed by atoms with Crippen LogP contribution in [0.4, 0.5) is 0 Å². The first-order chi connectivity index (χ1) is 5.24. The summed E-state index contributed by atoms with van der Waals surface area (Å²) in [5, 5.41) is 9.35. The zero-order chi connectivity index (χ0) is 8.27. The van der Waals surface area contributed by atoms with Crippen LogP contribution < -0.4 is 0 Å². The molecule has 0 aromatic heterocycles. The third-order valence-electron chi connectivity index (χ3n) is 2.85. The van der Waals surface area contributed by atoms with Crippen molar-refractivity contribution in [3.05, 3.63) is 0 Å². The summed E-state index contributed by atoms with van der Waals surface area (Å²) < 4.78 is 0. The summed E-state index contributed by atoms with van der Waals surface area (Å²) in [4.78, 5) is 0. The van der Waals surface area contributed by atoms with Gasteiger partial charge in [0, 0.05) is 0 Å². The van der Waals surface area contributed by atoms with Crippen LogP contribution in [0, 0.1) is 11.8 Å². The van der Waals surface area contributed by atoms with Crippen molar-refractivity contribution in [1.82, 2.24) is 0 Å². The molecule has 1 aliphatic carbocycles. The van der Waals surface area contributed by atoms with Crippen molar-refractivity contribution in [3.8, 4) is 0 Å². The lowest BCUT2D eigenvalue weighted by Gasteiger charge is -2.17. The maximum absolute atomic E-state index is 9.35.